The van der Waals surface area contributed by atoms with E-state index in [1.807, 2.05) is 29.9 Å². The molecule has 2 heterocycles. The highest BCUT2D eigenvalue weighted by Crippen LogP contribution is 2.23. The largest absolute Gasteiger partial charge is 0.388 e. The molecule has 2 rings (SSSR count). The molecule has 3 nitrogen and oxygen atoms in total. The molecule has 2 N–H and O–H groups in total. The first kappa shape index (κ1) is 13.7. The Morgan fingerprint density at radius 3 is 2.89 bits per heavy atom. The normalized spacial score (nSPS) is 14.6. The van der Waals surface area contributed by atoms with Crippen LogP contribution in [0.15, 0.2) is 23.0 Å². The zero-order chi connectivity index (χ0) is 13.0. The molecule has 0 bridgehead atoms. The number of rotatable bonds is 6. The second kappa shape index (κ2) is 6.43. The zero-order valence-electron chi connectivity index (χ0n) is 10.6. The van der Waals surface area contributed by atoms with E-state index >= 15 is 0 Å². The Morgan fingerprint density at radius 1 is 1.44 bits per heavy atom. The van der Waals surface area contributed by atoms with Crippen LogP contribution in [0.3, 0.4) is 0 Å². The fraction of sp³-hybridized carbons (Fsp3) is 0.462. The van der Waals surface area contributed by atoms with Crippen LogP contribution in [0, 0.1) is 6.92 Å². The zero-order valence-corrected chi connectivity index (χ0v) is 12.2. The fourth-order valence-electron chi connectivity index (χ4n) is 1.78. The average Bonchev–Trinajstić information content (AvgIpc) is 2.97. The van der Waals surface area contributed by atoms with E-state index in [0.29, 0.717) is 0 Å². The fourth-order valence-corrected chi connectivity index (χ4v) is 3.23. The van der Waals surface area contributed by atoms with E-state index in [-0.39, 0.29) is 12.1 Å². The molecule has 0 unspecified atom stereocenters. The Bertz CT molecular complexity index is 467. The van der Waals surface area contributed by atoms with Crippen LogP contribution in [0.5, 0.6) is 0 Å². The van der Waals surface area contributed by atoms with Gasteiger partial charge in [-0.15, -0.1) is 22.7 Å². The molecule has 0 aliphatic rings. The van der Waals surface area contributed by atoms with E-state index < -0.39 is 0 Å². The van der Waals surface area contributed by atoms with Gasteiger partial charge >= 0.3 is 0 Å². The Labute approximate surface area is 116 Å². The minimum absolute atomic E-state index is 0.281. The van der Waals surface area contributed by atoms with E-state index in [1.165, 1.54) is 4.88 Å². The first-order valence-corrected chi connectivity index (χ1v) is 7.76. The van der Waals surface area contributed by atoms with Gasteiger partial charge < -0.3 is 10.4 Å². The van der Waals surface area contributed by atoms with Crippen molar-refractivity contribution >= 4 is 22.7 Å². The van der Waals surface area contributed by atoms with Crippen LogP contribution in [0.2, 0.25) is 0 Å². The summed E-state index contributed by atoms with van der Waals surface area (Å²) in [6.07, 6.45) is 0.369. The summed E-state index contributed by atoms with van der Waals surface area (Å²) in [6.45, 7) is 4.96. The minimum atomic E-state index is -0.366. The molecule has 0 aliphatic heterocycles. The van der Waals surface area contributed by atoms with Crippen LogP contribution in [0.1, 0.15) is 34.9 Å². The van der Waals surface area contributed by atoms with Gasteiger partial charge in [-0.25, -0.2) is 4.98 Å². The van der Waals surface area contributed by atoms with E-state index in [0.717, 1.165) is 23.5 Å². The van der Waals surface area contributed by atoms with Crippen LogP contribution < -0.4 is 5.32 Å². The quantitative estimate of drug-likeness (QED) is 0.855. The van der Waals surface area contributed by atoms with Gasteiger partial charge in [0.2, 0.25) is 0 Å². The summed E-state index contributed by atoms with van der Waals surface area (Å²) in [5, 5.41) is 15.5. The highest BCUT2D eigenvalue weighted by Gasteiger charge is 2.13. The summed E-state index contributed by atoms with van der Waals surface area (Å²) in [5.74, 6) is 0. The van der Waals surface area contributed by atoms with Crippen LogP contribution in [0.25, 0.3) is 0 Å². The molecule has 2 aromatic rings. The summed E-state index contributed by atoms with van der Waals surface area (Å²) in [5.41, 5.74) is 2.97. The number of nitrogens with zero attached hydrogens (tertiary/aromatic N) is 1. The molecule has 18 heavy (non-hydrogen) atoms. The molecular formula is C13H18N2OS2. The van der Waals surface area contributed by atoms with Gasteiger partial charge in [-0.05, 0) is 31.7 Å². The maximum atomic E-state index is 10.1. The standard InChI is InChI=1S/C13H18N2OS2/c1-9(6-11(16)12-4-3-5-17-12)14-7-13-10(2)15-8-18-13/h3-5,8-9,11,14,16H,6-7H2,1-2H3/t9-,11+/m0/s1. The highest BCUT2D eigenvalue weighted by atomic mass is 32.1. The third-order valence-corrected chi connectivity index (χ3v) is 4.81. The maximum absolute atomic E-state index is 10.1. The molecule has 0 fully saturated rings. The summed E-state index contributed by atoms with van der Waals surface area (Å²) in [4.78, 5) is 6.54. The molecule has 0 spiro atoms. The Balaban J connectivity index is 1.79. The molecule has 0 saturated heterocycles. The lowest BCUT2D eigenvalue weighted by atomic mass is 10.1. The van der Waals surface area contributed by atoms with Crippen molar-refractivity contribution in [1.82, 2.24) is 10.3 Å². The van der Waals surface area contributed by atoms with Gasteiger partial charge in [0.15, 0.2) is 0 Å². The van der Waals surface area contributed by atoms with Gasteiger partial charge in [-0.3, -0.25) is 0 Å². The van der Waals surface area contributed by atoms with E-state index in [4.69, 9.17) is 0 Å². The molecule has 0 aliphatic carbocycles. The second-order valence-corrected chi connectivity index (χ2v) is 6.33. The summed E-state index contributed by atoms with van der Waals surface area (Å²) in [7, 11) is 0. The van der Waals surface area contributed by atoms with Crippen molar-refractivity contribution in [3.8, 4) is 0 Å². The van der Waals surface area contributed by atoms with E-state index in [1.54, 1.807) is 22.7 Å². The second-order valence-electron chi connectivity index (χ2n) is 4.41. The van der Waals surface area contributed by atoms with Crippen molar-refractivity contribution in [3.63, 3.8) is 0 Å². The number of aromatic nitrogens is 1. The number of hydrogen-bond donors (Lipinski definition) is 2. The van der Waals surface area contributed by atoms with Gasteiger partial charge in [-0.1, -0.05) is 6.07 Å². The van der Waals surface area contributed by atoms with Crippen molar-refractivity contribution < 1.29 is 5.11 Å². The predicted molar refractivity (Wildman–Crippen MR) is 77.0 cm³/mol. The van der Waals surface area contributed by atoms with Crippen molar-refractivity contribution in [2.45, 2.75) is 39.0 Å². The number of thiophene rings is 1. The summed E-state index contributed by atoms with van der Waals surface area (Å²) >= 11 is 3.28. The predicted octanol–water partition coefficient (Wildman–Crippen LogP) is 3.11. The van der Waals surface area contributed by atoms with Gasteiger partial charge in [0.1, 0.15) is 0 Å². The topological polar surface area (TPSA) is 45.2 Å². The number of hydrogen-bond acceptors (Lipinski definition) is 5. The van der Waals surface area contributed by atoms with E-state index in [9.17, 15) is 5.11 Å². The first-order chi connectivity index (χ1) is 8.66. The van der Waals surface area contributed by atoms with Crippen molar-refractivity contribution in [3.05, 3.63) is 38.5 Å². The molecule has 5 heteroatoms. The van der Waals surface area contributed by atoms with Gasteiger partial charge in [0, 0.05) is 22.3 Å². The monoisotopic (exact) mass is 282 g/mol. The van der Waals surface area contributed by atoms with Gasteiger partial charge in [-0.2, -0.15) is 0 Å². The van der Waals surface area contributed by atoms with Gasteiger partial charge in [0.25, 0.3) is 0 Å². The molecular weight excluding hydrogens is 264 g/mol. The SMILES string of the molecule is Cc1ncsc1CN[C@@H](C)C[C@@H](O)c1cccs1. The molecule has 0 radical (unpaired) electrons. The number of thiazole rings is 1. The Hall–Kier alpha value is -0.750. The molecule has 0 aromatic carbocycles. The van der Waals surface area contributed by atoms with Crippen molar-refractivity contribution in [1.29, 1.82) is 0 Å². The van der Waals surface area contributed by atoms with Crippen LogP contribution in [0.4, 0.5) is 0 Å². The number of aliphatic hydroxyl groups is 1. The molecule has 98 valence electrons. The lowest BCUT2D eigenvalue weighted by molar-refractivity contribution is 0.157. The summed E-state index contributed by atoms with van der Waals surface area (Å²) in [6, 6.07) is 4.24. The Morgan fingerprint density at radius 2 is 2.28 bits per heavy atom. The third-order valence-electron chi connectivity index (χ3n) is 2.90. The average molecular weight is 282 g/mol. The molecule has 2 aromatic heterocycles. The number of nitrogens with one attached hydrogen (secondary N) is 1. The van der Waals surface area contributed by atoms with Crippen molar-refractivity contribution in [2.75, 3.05) is 0 Å². The lowest BCUT2D eigenvalue weighted by Gasteiger charge is -2.16. The van der Waals surface area contributed by atoms with E-state index in [2.05, 4.69) is 17.2 Å². The molecule has 2 atom stereocenters. The van der Waals surface area contributed by atoms with Gasteiger partial charge in [0.05, 0.1) is 17.3 Å². The van der Waals surface area contributed by atoms with Crippen LogP contribution in [-0.4, -0.2) is 16.1 Å². The lowest BCUT2D eigenvalue weighted by Crippen LogP contribution is -2.27. The summed E-state index contributed by atoms with van der Waals surface area (Å²) < 4.78 is 0. The van der Waals surface area contributed by atoms with Crippen LogP contribution >= 0.6 is 22.7 Å². The highest BCUT2D eigenvalue weighted by molar-refractivity contribution is 7.10. The number of aryl methyl sites for hydroxylation is 1. The smallest absolute Gasteiger partial charge is 0.0896 e. The maximum Gasteiger partial charge on any atom is 0.0896 e. The number of aliphatic hydroxyl groups excluding tert-OH is 1. The van der Waals surface area contributed by atoms with Crippen LogP contribution in [-0.2, 0) is 6.54 Å². The Kier molecular flexibility index (Phi) is 4.88. The molecule has 0 saturated carbocycles. The first-order valence-electron chi connectivity index (χ1n) is 6.00. The third kappa shape index (κ3) is 3.62. The minimum Gasteiger partial charge on any atom is -0.388 e. The van der Waals surface area contributed by atoms with Crippen molar-refractivity contribution in [2.24, 2.45) is 0 Å². The molecule has 0 amide bonds.